The van der Waals surface area contributed by atoms with Gasteiger partial charge in [0, 0.05) is 23.9 Å². The number of hydrogen-bond donors (Lipinski definition) is 0. The highest BCUT2D eigenvalue weighted by Crippen LogP contribution is 2.25. The van der Waals surface area contributed by atoms with E-state index >= 15 is 0 Å². The predicted octanol–water partition coefficient (Wildman–Crippen LogP) is 2.51. The van der Waals surface area contributed by atoms with Gasteiger partial charge in [-0.2, -0.15) is 0 Å². The lowest BCUT2D eigenvalue weighted by atomic mass is 9.96. The molecule has 0 radical (unpaired) electrons. The maximum atomic E-state index is 11.8. The minimum absolute atomic E-state index is 0.195. The molecule has 0 aromatic heterocycles. The minimum Gasteiger partial charge on any atom is -0.381 e. The Balaban J connectivity index is 2.27. The molecule has 0 bridgehead atoms. The van der Waals surface area contributed by atoms with Crippen molar-refractivity contribution in [2.24, 2.45) is 5.92 Å². The molecule has 1 heterocycles. The molecule has 14 heavy (non-hydrogen) atoms. The lowest BCUT2D eigenvalue weighted by Crippen LogP contribution is -2.26. The number of ether oxygens (including phenoxy) is 1. The first kappa shape index (κ1) is 12.1. The summed E-state index contributed by atoms with van der Waals surface area (Å²) in [4.78, 5) is 11.8. The molecule has 1 aliphatic rings. The lowest BCUT2D eigenvalue weighted by Gasteiger charge is -2.23. The molecule has 0 amide bonds. The van der Waals surface area contributed by atoms with E-state index in [4.69, 9.17) is 4.74 Å². The monoisotopic (exact) mass is 216 g/mol. The first-order chi connectivity index (χ1) is 6.49. The van der Waals surface area contributed by atoms with Crippen molar-refractivity contribution in [3.8, 4) is 0 Å². The minimum atomic E-state index is 0.195. The molecule has 0 spiro atoms. The second-order valence-corrected chi connectivity index (χ2v) is 6.56. The zero-order chi connectivity index (χ0) is 10.6. The van der Waals surface area contributed by atoms with Crippen LogP contribution in [0.15, 0.2) is 0 Å². The van der Waals surface area contributed by atoms with Crippen LogP contribution in [0.5, 0.6) is 0 Å². The van der Waals surface area contributed by atoms with Crippen molar-refractivity contribution in [1.29, 1.82) is 0 Å². The molecule has 0 saturated carbocycles. The summed E-state index contributed by atoms with van der Waals surface area (Å²) >= 11 is 1.74. The van der Waals surface area contributed by atoms with E-state index in [1.54, 1.807) is 11.8 Å². The molecule has 0 aliphatic carbocycles. The Bertz CT molecular complexity index is 190. The summed E-state index contributed by atoms with van der Waals surface area (Å²) in [6, 6.07) is 0. The molecular formula is C11H20O2S. The third-order valence-electron chi connectivity index (χ3n) is 2.32. The van der Waals surface area contributed by atoms with Gasteiger partial charge in [0.1, 0.15) is 5.78 Å². The van der Waals surface area contributed by atoms with Gasteiger partial charge in [-0.15, -0.1) is 11.8 Å². The van der Waals surface area contributed by atoms with Crippen molar-refractivity contribution in [3.63, 3.8) is 0 Å². The summed E-state index contributed by atoms with van der Waals surface area (Å²) in [5.74, 6) is 1.33. The van der Waals surface area contributed by atoms with Gasteiger partial charge in [0.05, 0.1) is 5.75 Å². The highest BCUT2D eigenvalue weighted by atomic mass is 32.2. The average Bonchev–Trinajstić information content (AvgIpc) is 2.14. The largest absolute Gasteiger partial charge is 0.381 e. The second-order valence-electron chi connectivity index (χ2n) is 4.75. The van der Waals surface area contributed by atoms with E-state index in [1.165, 1.54) is 0 Å². The van der Waals surface area contributed by atoms with Crippen LogP contribution in [-0.4, -0.2) is 29.5 Å². The highest BCUT2D eigenvalue weighted by Gasteiger charge is 2.23. The summed E-state index contributed by atoms with van der Waals surface area (Å²) in [5, 5.41) is 0. The van der Waals surface area contributed by atoms with Crippen LogP contribution in [0.1, 0.15) is 33.6 Å². The summed E-state index contributed by atoms with van der Waals surface area (Å²) in [7, 11) is 0. The molecule has 0 N–H and O–H groups in total. The van der Waals surface area contributed by atoms with Crippen molar-refractivity contribution in [3.05, 3.63) is 0 Å². The first-order valence-corrected chi connectivity index (χ1v) is 6.22. The molecule has 0 atom stereocenters. The van der Waals surface area contributed by atoms with Gasteiger partial charge in [0.15, 0.2) is 0 Å². The van der Waals surface area contributed by atoms with E-state index in [0.717, 1.165) is 26.1 Å². The van der Waals surface area contributed by atoms with Crippen LogP contribution in [0, 0.1) is 5.92 Å². The number of carbonyl (C=O) groups is 1. The fraction of sp³-hybridized carbons (Fsp3) is 0.909. The average molecular weight is 216 g/mol. The third kappa shape index (κ3) is 4.47. The Hall–Kier alpha value is -0.0200. The second kappa shape index (κ2) is 5.17. The normalized spacial score (nSPS) is 19.6. The topological polar surface area (TPSA) is 26.3 Å². The Morgan fingerprint density at radius 1 is 1.36 bits per heavy atom. The van der Waals surface area contributed by atoms with Crippen molar-refractivity contribution in [2.75, 3.05) is 19.0 Å². The lowest BCUT2D eigenvalue weighted by molar-refractivity contribution is -0.123. The summed E-state index contributed by atoms with van der Waals surface area (Å²) in [6.07, 6.45) is 1.84. The molecule has 3 heteroatoms. The van der Waals surface area contributed by atoms with E-state index in [2.05, 4.69) is 20.8 Å². The molecule has 1 fully saturated rings. The summed E-state index contributed by atoms with van der Waals surface area (Å²) < 4.78 is 5.43. The fourth-order valence-electron chi connectivity index (χ4n) is 1.43. The zero-order valence-corrected chi connectivity index (χ0v) is 10.2. The van der Waals surface area contributed by atoms with Crippen LogP contribution in [-0.2, 0) is 9.53 Å². The van der Waals surface area contributed by atoms with Gasteiger partial charge in [-0.05, 0) is 12.8 Å². The van der Waals surface area contributed by atoms with E-state index in [-0.39, 0.29) is 10.7 Å². The van der Waals surface area contributed by atoms with Gasteiger partial charge >= 0.3 is 0 Å². The van der Waals surface area contributed by atoms with Crippen LogP contribution in [0.25, 0.3) is 0 Å². The van der Waals surface area contributed by atoms with Gasteiger partial charge < -0.3 is 4.74 Å². The fourth-order valence-corrected chi connectivity index (χ4v) is 2.24. The van der Waals surface area contributed by atoms with Crippen LogP contribution in [0.2, 0.25) is 0 Å². The van der Waals surface area contributed by atoms with Gasteiger partial charge in [0.2, 0.25) is 0 Å². The number of rotatable bonds is 3. The molecule has 2 nitrogen and oxygen atoms in total. The quantitative estimate of drug-likeness (QED) is 0.725. The smallest absolute Gasteiger partial charge is 0.146 e. The number of thioether (sulfide) groups is 1. The van der Waals surface area contributed by atoms with E-state index in [9.17, 15) is 4.79 Å². The standard InChI is InChI=1S/C11H20O2S/c1-11(2,3)14-8-10(12)9-4-6-13-7-5-9/h9H,4-8H2,1-3H3. The van der Waals surface area contributed by atoms with Crippen molar-refractivity contribution in [1.82, 2.24) is 0 Å². The van der Waals surface area contributed by atoms with E-state index < -0.39 is 0 Å². The molecule has 1 rings (SSSR count). The van der Waals surface area contributed by atoms with Crippen molar-refractivity contribution >= 4 is 17.5 Å². The SMILES string of the molecule is CC(C)(C)SCC(=O)C1CCOCC1. The highest BCUT2D eigenvalue weighted by molar-refractivity contribution is 8.01. The van der Waals surface area contributed by atoms with Crippen LogP contribution < -0.4 is 0 Å². The molecule has 1 saturated heterocycles. The maximum absolute atomic E-state index is 11.8. The van der Waals surface area contributed by atoms with Crippen molar-refractivity contribution < 1.29 is 9.53 Å². The first-order valence-electron chi connectivity index (χ1n) is 5.23. The number of carbonyl (C=O) groups excluding carboxylic acids is 1. The Morgan fingerprint density at radius 2 is 1.93 bits per heavy atom. The van der Waals surface area contributed by atoms with Gasteiger partial charge in [-0.1, -0.05) is 20.8 Å². The maximum Gasteiger partial charge on any atom is 0.146 e. The summed E-state index contributed by atoms with van der Waals surface area (Å²) in [6.45, 7) is 7.96. The molecule has 0 aromatic rings. The summed E-state index contributed by atoms with van der Waals surface area (Å²) in [5.41, 5.74) is 0. The number of hydrogen-bond acceptors (Lipinski definition) is 3. The van der Waals surface area contributed by atoms with Gasteiger partial charge in [-0.3, -0.25) is 4.79 Å². The Kier molecular flexibility index (Phi) is 4.45. The predicted molar refractivity (Wildman–Crippen MR) is 60.8 cm³/mol. The van der Waals surface area contributed by atoms with Gasteiger partial charge in [0.25, 0.3) is 0 Å². The Labute approximate surface area is 90.8 Å². The number of ketones is 1. The molecule has 0 unspecified atom stereocenters. The van der Waals surface area contributed by atoms with E-state index in [0.29, 0.717) is 11.5 Å². The molecule has 0 aromatic carbocycles. The molecule has 1 aliphatic heterocycles. The van der Waals surface area contributed by atoms with E-state index in [1.807, 2.05) is 0 Å². The number of Topliss-reactive ketones (excluding diaryl/α,β-unsaturated/α-hetero) is 1. The third-order valence-corrected chi connectivity index (χ3v) is 3.62. The van der Waals surface area contributed by atoms with Crippen LogP contribution in [0.3, 0.4) is 0 Å². The van der Waals surface area contributed by atoms with Crippen molar-refractivity contribution in [2.45, 2.75) is 38.4 Å². The van der Waals surface area contributed by atoms with Crippen LogP contribution >= 0.6 is 11.8 Å². The van der Waals surface area contributed by atoms with Crippen LogP contribution in [0.4, 0.5) is 0 Å². The zero-order valence-electron chi connectivity index (χ0n) is 9.34. The molecular weight excluding hydrogens is 196 g/mol. The van der Waals surface area contributed by atoms with Gasteiger partial charge in [-0.25, -0.2) is 0 Å². The Morgan fingerprint density at radius 3 is 2.43 bits per heavy atom. The molecule has 82 valence electrons.